The molecule has 0 amide bonds. The topological polar surface area (TPSA) is 44.3 Å². The standard InChI is InChI=1S/C15H27N5/c1-11-13(16-2)17-14(12-7-8-12)18-15(11)20(5)10-6-9-19(3)4/h12H,6-10H2,1-5H3,(H,16,17,18). The van der Waals surface area contributed by atoms with Crippen LogP contribution < -0.4 is 10.2 Å². The van der Waals surface area contributed by atoms with Crippen LogP contribution in [0.25, 0.3) is 0 Å². The number of nitrogens with zero attached hydrogens (tertiary/aromatic N) is 4. The summed E-state index contributed by atoms with van der Waals surface area (Å²) in [5.41, 5.74) is 1.14. The maximum atomic E-state index is 4.80. The minimum atomic E-state index is 0.580. The van der Waals surface area contributed by atoms with Gasteiger partial charge in [-0.15, -0.1) is 0 Å². The van der Waals surface area contributed by atoms with Gasteiger partial charge >= 0.3 is 0 Å². The molecule has 0 aliphatic heterocycles. The molecule has 1 aliphatic rings. The smallest absolute Gasteiger partial charge is 0.137 e. The zero-order valence-electron chi connectivity index (χ0n) is 13.4. The Labute approximate surface area is 122 Å². The fraction of sp³-hybridized carbons (Fsp3) is 0.733. The van der Waals surface area contributed by atoms with E-state index >= 15 is 0 Å². The molecule has 20 heavy (non-hydrogen) atoms. The third kappa shape index (κ3) is 3.60. The fourth-order valence-electron chi connectivity index (χ4n) is 2.39. The zero-order valence-corrected chi connectivity index (χ0v) is 13.4. The number of hydrogen-bond acceptors (Lipinski definition) is 5. The van der Waals surface area contributed by atoms with Gasteiger partial charge in [-0.05, 0) is 46.8 Å². The summed E-state index contributed by atoms with van der Waals surface area (Å²) in [6, 6.07) is 0. The van der Waals surface area contributed by atoms with Gasteiger partial charge in [-0.25, -0.2) is 9.97 Å². The van der Waals surface area contributed by atoms with Gasteiger partial charge in [0.05, 0.1) is 0 Å². The highest BCUT2D eigenvalue weighted by molar-refractivity contribution is 5.58. The van der Waals surface area contributed by atoms with Crippen molar-refractivity contribution in [3.63, 3.8) is 0 Å². The second-order valence-corrected chi connectivity index (χ2v) is 5.98. The third-order valence-corrected chi connectivity index (χ3v) is 3.78. The molecule has 5 nitrogen and oxygen atoms in total. The molecule has 0 saturated heterocycles. The van der Waals surface area contributed by atoms with Crippen LogP contribution in [0, 0.1) is 6.92 Å². The van der Waals surface area contributed by atoms with Gasteiger partial charge in [-0.2, -0.15) is 0 Å². The van der Waals surface area contributed by atoms with E-state index in [2.05, 4.69) is 48.2 Å². The lowest BCUT2D eigenvalue weighted by Gasteiger charge is -2.23. The Morgan fingerprint density at radius 1 is 1.15 bits per heavy atom. The van der Waals surface area contributed by atoms with Crippen LogP contribution in [0.1, 0.15) is 36.6 Å². The van der Waals surface area contributed by atoms with Crippen LogP contribution in [0.2, 0.25) is 0 Å². The number of nitrogens with one attached hydrogen (secondary N) is 1. The monoisotopic (exact) mass is 277 g/mol. The second-order valence-electron chi connectivity index (χ2n) is 5.98. The lowest BCUT2D eigenvalue weighted by molar-refractivity contribution is 0.401. The van der Waals surface area contributed by atoms with Crippen molar-refractivity contribution in [3.05, 3.63) is 11.4 Å². The lowest BCUT2D eigenvalue weighted by atomic mass is 10.2. The van der Waals surface area contributed by atoms with Crippen molar-refractivity contribution in [2.45, 2.75) is 32.1 Å². The molecule has 1 aliphatic carbocycles. The van der Waals surface area contributed by atoms with Crippen molar-refractivity contribution in [2.75, 3.05) is 51.5 Å². The van der Waals surface area contributed by atoms with Gasteiger partial charge in [0.1, 0.15) is 17.5 Å². The third-order valence-electron chi connectivity index (χ3n) is 3.78. The molecule has 1 aromatic rings. The molecule has 1 saturated carbocycles. The van der Waals surface area contributed by atoms with Crippen molar-refractivity contribution >= 4 is 11.6 Å². The SMILES string of the molecule is CNc1nc(C2CC2)nc(N(C)CCCN(C)C)c1C. The largest absolute Gasteiger partial charge is 0.373 e. The minimum absolute atomic E-state index is 0.580. The molecule has 112 valence electrons. The normalized spacial score (nSPS) is 14.7. The van der Waals surface area contributed by atoms with Crippen molar-refractivity contribution in [1.82, 2.24) is 14.9 Å². The van der Waals surface area contributed by atoms with Crippen molar-refractivity contribution in [1.29, 1.82) is 0 Å². The lowest BCUT2D eigenvalue weighted by Crippen LogP contribution is -2.25. The van der Waals surface area contributed by atoms with E-state index in [0.29, 0.717) is 5.92 Å². The zero-order chi connectivity index (χ0) is 14.7. The van der Waals surface area contributed by atoms with Gasteiger partial charge in [0, 0.05) is 32.1 Å². The molecule has 5 heteroatoms. The van der Waals surface area contributed by atoms with Crippen LogP contribution >= 0.6 is 0 Å². The Hall–Kier alpha value is -1.36. The maximum Gasteiger partial charge on any atom is 0.137 e. The van der Waals surface area contributed by atoms with Crippen LogP contribution in [0.3, 0.4) is 0 Å². The number of aromatic nitrogens is 2. The van der Waals surface area contributed by atoms with E-state index in [0.717, 1.165) is 42.5 Å². The predicted molar refractivity (Wildman–Crippen MR) is 84.7 cm³/mol. The number of anilines is 2. The highest BCUT2D eigenvalue weighted by atomic mass is 15.2. The molecule has 1 N–H and O–H groups in total. The molecule has 0 aromatic carbocycles. The van der Waals surface area contributed by atoms with E-state index in [-0.39, 0.29) is 0 Å². The summed E-state index contributed by atoms with van der Waals surface area (Å²) in [6.45, 7) is 4.21. The molecule has 0 unspecified atom stereocenters. The first-order chi connectivity index (χ1) is 9.52. The highest BCUT2D eigenvalue weighted by Crippen LogP contribution is 2.39. The number of hydrogen-bond donors (Lipinski definition) is 1. The summed E-state index contributed by atoms with van der Waals surface area (Å²) >= 11 is 0. The second kappa shape index (κ2) is 6.39. The van der Waals surface area contributed by atoms with E-state index in [1.54, 1.807) is 0 Å². The Morgan fingerprint density at radius 3 is 2.40 bits per heavy atom. The van der Waals surface area contributed by atoms with Gasteiger partial charge in [0.2, 0.25) is 0 Å². The number of rotatable bonds is 7. The van der Waals surface area contributed by atoms with Gasteiger partial charge in [0.15, 0.2) is 0 Å². The summed E-state index contributed by atoms with van der Waals surface area (Å²) < 4.78 is 0. The summed E-state index contributed by atoms with van der Waals surface area (Å²) in [6.07, 6.45) is 3.60. The van der Waals surface area contributed by atoms with E-state index < -0.39 is 0 Å². The van der Waals surface area contributed by atoms with Gasteiger partial charge in [-0.3, -0.25) is 0 Å². The molecular formula is C15H27N5. The van der Waals surface area contributed by atoms with Crippen LogP contribution in [0.15, 0.2) is 0 Å². The molecule has 0 atom stereocenters. The van der Waals surface area contributed by atoms with Crippen LogP contribution in [-0.2, 0) is 0 Å². The summed E-state index contributed by atoms with van der Waals surface area (Å²) in [7, 11) is 8.28. The summed E-state index contributed by atoms with van der Waals surface area (Å²) in [5.74, 6) is 3.63. The molecule has 1 aromatic heterocycles. The molecule has 0 spiro atoms. The summed E-state index contributed by atoms with van der Waals surface area (Å²) in [5, 5.41) is 3.20. The first kappa shape index (κ1) is 15.0. The highest BCUT2D eigenvalue weighted by Gasteiger charge is 2.28. The Balaban J connectivity index is 2.13. The van der Waals surface area contributed by atoms with Crippen LogP contribution in [-0.4, -0.2) is 56.1 Å². The first-order valence-corrected chi connectivity index (χ1v) is 7.45. The summed E-state index contributed by atoms with van der Waals surface area (Å²) in [4.78, 5) is 13.9. The Kier molecular flexibility index (Phi) is 4.81. The van der Waals surface area contributed by atoms with Gasteiger partial charge in [-0.1, -0.05) is 0 Å². The average Bonchev–Trinajstić information content (AvgIpc) is 3.22. The Bertz CT molecular complexity index is 454. The maximum absolute atomic E-state index is 4.80. The fourth-order valence-corrected chi connectivity index (χ4v) is 2.39. The van der Waals surface area contributed by atoms with E-state index in [1.165, 1.54) is 12.8 Å². The quantitative estimate of drug-likeness (QED) is 0.827. The van der Waals surface area contributed by atoms with Gasteiger partial charge < -0.3 is 15.1 Å². The van der Waals surface area contributed by atoms with E-state index in [1.807, 2.05) is 7.05 Å². The van der Waals surface area contributed by atoms with E-state index in [9.17, 15) is 0 Å². The molecular weight excluding hydrogens is 250 g/mol. The molecule has 0 radical (unpaired) electrons. The average molecular weight is 277 g/mol. The Morgan fingerprint density at radius 2 is 1.85 bits per heavy atom. The van der Waals surface area contributed by atoms with Gasteiger partial charge in [0.25, 0.3) is 0 Å². The predicted octanol–water partition coefficient (Wildman–Crippen LogP) is 2.09. The van der Waals surface area contributed by atoms with Crippen LogP contribution in [0.5, 0.6) is 0 Å². The molecule has 1 fully saturated rings. The minimum Gasteiger partial charge on any atom is -0.373 e. The molecule has 0 bridgehead atoms. The van der Waals surface area contributed by atoms with Crippen LogP contribution in [0.4, 0.5) is 11.6 Å². The van der Waals surface area contributed by atoms with Crippen molar-refractivity contribution in [2.24, 2.45) is 0 Å². The van der Waals surface area contributed by atoms with Crippen molar-refractivity contribution in [3.8, 4) is 0 Å². The first-order valence-electron chi connectivity index (χ1n) is 7.45. The molecule has 2 rings (SSSR count). The van der Waals surface area contributed by atoms with Crippen molar-refractivity contribution < 1.29 is 0 Å². The van der Waals surface area contributed by atoms with E-state index in [4.69, 9.17) is 4.98 Å². The molecule has 1 heterocycles.